The van der Waals surface area contributed by atoms with Gasteiger partial charge in [-0.1, -0.05) is 30.3 Å². The maximum Gasteiger partial charge on any atom is 0.344 e. The zero-order valence-corrected chi connectivity index (χ0v) is 13.6. The maximum absolute atomic E-state index is 13.0. The van der Waals surface area contributed by atoms with Crippen LogP contribution >= 0.6 is 30.9 Å². The Hall–Kier alpha value is -0.0900. The highest BCUT2D eigenvalue weighted by Gasteiger charge is 2.37. The van der Waals surface area contributed by atoms with Gasteiger partial charge in [-0.3, -0.25) is 9.09 Å². The SMILES string of the molecule is O=P1(N(CCCl)CCCl)NCCC(c2ccccc2)O1. The zero-order chi connectivity index (χ0) is 14.4. The average molecular weight is 337 g/mol. The Kier molecular flexibility index (Phi) is 6.34. The molecule has 0 amide bonds. The molecule has 1 aliphatic rings. The largest absolute Gasteiger partial charge is 0.344 e. The minimum absolute atomic E-state index is 0.156. The Labute approximate surface area is 129 Å². The van der Waals surface area contributed by atoms with E-state index >= 15 is 0 Å². The number of hydrogen-bond acceptors (Lipinski definition) is 2. The van der Waals surface area contributed by atoms with E-state index in [1.54, 1.807) is 4.67 Å². The number of hydrogen-bond donors (Lipinski definition) is 1. The van der Waals surface area contributed by atoms with Gasteiger partial charge in [0.25, 0.3) is 0 Å². The minimum atomic E-state index is -3.06. The van der Waals surface area contributed by atoms with Gasteiger partial charge in [0, 0.05) is 31.4 Å². The number of nitrogens with zero attached hydrogens (tertiary/aromatic N) is 1. The first-order chi connectivity index (χ1) is 9.69. The van der Waals surface area contributed by atoms with Crippen molar-refractivity contribution in [2.24, 2.45) is 0 Å². The lowest BCUT2D eigenvalue weighted by Gasteiger charge is -2.37. The average Bonchev–Trinajstić information content (AvgIpc) is 2.48. The van der Waals surface area contributed by atoms with Crippen LogP contribution in [-0.4, -0.2) is 36.1 Å². The van der Waals surface area contributed by atoms with Crippen LogP contribution in [0.2, 0.25) is 0 Å². The monoisotopic (exact) mass is 336 g/mol. The smallest absolute Gasteiger partial charge is 0.298 e. The molecule has 1 heterocycles. The second-order valence-corrected chi connectivity index (χ2v) is 7.44. The third-order valence-electron chi connectivity index (χ3n) is 3.22. The summed E-state index contributed by atoms with van der Waals surface area (Å²) in [6.07, 6.45) is 0.639. The summed E-state index contributed by atoms with van der Waals surface area (Å²) in [4.78, 5) is 0. The van der Waals surface area contributed by atoms with Crippen LogP contribution in [0.4, 0.5) is 0 Å². The van der Waals surface area contributed by atoms with E-state index in [9.17, 15) is 4.57 Å². The van der Waals surface area contributed by atoms with Gasteiger partial charge in [0.2, 0.25) is 0 Å². The van der Waals surface area contributed by atoms with Crippen LogP contribution in [0.15, 0.2) is 30.3 Å². The molecule has 0 saturated carbocycles. The van der Waals surface area contributed by atoms with Crippen molar-refractivity contribution in [1.29, 1.82) is 0 Å². The molecular weight excluding hydrogens is 318 g/mol. The molecule has 112 valence electrons. The Morgan fingerprint density at radius 3 is 2.50 bits per heavy atom. The van der Waals surface area contributed by atoms with Crippen LogP contribution < -0.4 is 5.09 Å². The van der Waals surface area contributed by atoms with Crippen molar-refractivity contribution < 1.29 is 9.09 Å². The van der Waals surface area contributed by atoms with E-state index in [0.717, 1.165) is 12.0 Å². The second-order valence-electron chi connectivity index (χ2n) is 4.55. The summed E-state index contributed by atoms with van der Waals surface area (Å²) in [6, 6.07) is 9.86. The molecular formula is C13H19Cl2N2O2P. The molecule has 20 heavy (non-hydrogen) atoms. The second kappa shape index (κ2) is 7.79. The highest BCUT2D eigenvalue weighted by molar-refractivity contribution is 7.54. The lowest BCUT2D eigenvalue weighted by Crippen LogP contribution is -2.36. The molecule has 1 N–H and O–H groups in total. The molecule has 0 radical (unpaired) electrons. The Morgan fingerprint density at radius 2 is 1.90 bits per heavy atom. The quantitative estimate of drug-likeness (QED) is 0.636. The Balaban J connectivity index is 2.13. The van der Waals surface area contributed by atoms with Gasteiger partial charge in [-0.25, -0.2) is 9.76 Å². The van der Waals surface area contributed by atoms with Crippen molar-refractivity contribution in [3.8, 4) is 0 Å². The summed E-state index contributed by atoms with van der Waals surface area (Å²) in [7, 11) is -3.06. The van der Waals surface area contributed by atoms with Crippen LogP contribution in [0.3, 0.4) is 0 Å². The zero-order valence-electron chi connectivity index (χ0n) is 11.2. The molecule has 1 fully saturated rings. The molecule has 2 atom stereocenters. The van der Waals surface area contributed by atoms with Gasteiger partial charge in [0.15, 0.2) is 0 Å². The standard InChI is InChI=1S/C13H19Cl2N2O2P/c14-7-10-17(11-8-15)20(18)16-9-6-13(19-20)12-4-2-1-3-5-12/h1-5,13H,6-11H2,(H,16,18). The summed E-state index contributed by atoms with van der Waals surface area (Å²) >= 11 is 11.6. The van der Waals surface area contributed by atoms with Gasteiger partial charge < -0.3 is 0 Å². The number of halogens is 2. The minimum Gasteiger partial charge on any atom is -0.298 e. The van der Waals surface area contributed by atoms with E-state index in [1.165, 1.54) is 0 Å². The summed E-state index contributed by atoms with van der Waals surface area (Å²) in [5.74, 6) is 0.782. The molecule has 0 aliphatic carbocycles. The Bertz CT molecular complexity index is 455. The van der Waals surface area contributed by atoms with Crippen LogP contribution in [-0.2, 0) is 9.09 Å². The van der Waals surface area contributed by atoms with Gasteiger partial charge in [-0.2, -0.15) is 0 Å². The maximum atomic E-state index is 13.0. The van der Waals surface area contributed by atoms with Gasteiger partial charge in [0.05, 0.1) is 6.10 Å². The lowest BCUT2D eigenvalue weighted by molar-refractivity contribution is 0.148. The fourth-order valence-electron chi connectivity index (χ4n) is 2.23. The van der Waals surface area contributed by atoms with E-state index in [4.69, 9.17) is 27.7 Å². The molecule has 1 aliphatic heterocycles. The van der Waals surface area contributed by atoms with E-state index in [2.05, 4.69) is 5.09 Å². The first-order valence-corrected chi connectivity index (χ1v) is 9.30. The molecule has 1 saturated heterocycles. The first kappa shape index (κ1) is 16.3. The highest BCUT2D eigenvalue weighted by atomic mass is 35.5. The van der Waals surface area contributed by atoms with E-state index in [-0.39, 0.29) is 6.10 Å². The van der Waals surface area contributed by atoms with Crippen LogP contribution in [0.1, 0.15) is 18.1 Å². The van der Waals surface area contributed by atoms with Gasteiger partial charge in [0.1, 0.15) is 0 Å². The third-order valence-corrected chi connectivity index (χ3v) is 5.86. The molecule has 1 aromatic rings. The van der Waals surface area contributed by atoms with Crippen molar-refractivity contribution in [3.05, 3.63) is 35.9 Å². The third kappa shape index (κ3) is 3.97. The number of nitrogens with one attached hydrogen (secondary N) is 1. The van der Waals surface area contributed by atoms with Crippen molar-refractivity contribution in [2.75, 3.05) is 31.4 Å². The van der Waals surface area contributed by atoms with Crippen molar-refractivity contribution in [2.45, 2.75) is 12.5 Å². The highest BCUT2D eigenvalue weighted by Crippen LogP contribution is 2.53. The molecule has 1 aromatic carbocycles. The predicted octanol–water partition coefficient (Wildman–Crippen LogP) is 3.63. The summed E-state index contributed by atoms with van der Waals surface area (Å²) < 4.78 is 20.6. The molecule has 2 unspecified atom stereocenters. The fraction of sp³-hybridized carbons (Fsp3) is 0.538. The normalized spacial score (nSPS) is 26.9. The van der Waals surface area contributed by atoms with Crippen LogP contribution in [0, 0.1) is 0 Å². The molecule has 0 aromatic heterocycles. The molecule has 2 rings (SSSR count). The molecule has 7 heteroatoms. The topological polar surface area (TPSA) is 41.6 Å². The lowest BCUT2D eigenvalue weighted by atomic mass is 10.1. The summed E-state index contributed by atoms with van der Waals surface area (Å²) in [5, 5.41) is 3.01. The molecule has 0 spiro atoms. The predicted molar refractivity (Wildman–Crippen MR) is 83.5 cm³/mol. The van der Waals surface area contributed by atoms with Crippen LogP contribution in [0.25, 0.3) is 0 Å². The van der Waals surface area contributed by atoms with Crippen LogP contribution in [0.5, 0.6) is 0 Å². The Morgan fingerprint density at radius 1 is 1.25 bits per heavy atom. The van der Waals surface area contributed by atoms with Gasteiger partial charge >= 0.3 is 7.67 Å². The first-order valence-electron chi connectivity index (χ1n) is 6.65. The van der Waals surface area contributed by atoms with E-state index in [0.29, 0.717) is 31.4 Å². The fourth-order valence-corrected chi connectivity index (χ4v) is 4.99. The van der Waals surface area contributed by atoms with Crippen molar-refractivity contribution in [3.63, 3.8) is 0 Å². The number of rotatable bonds is 6. The van der Waals surface area contributed by atoms with Gasteiger partial charge in [-0.15, -0.1) is 23.2 Å². The van der Waals surface area contributed by atoms with Gasteiger partial charge in [-0.05, 0) is 12.0 Å². The molecule has 4 nitrogen and oxygen atoms in total. The van der Waals surface area contributed by atoms with E-state index in [1.807, 2.05) is 30.3 Å². The van der Waals surface area contributed by atoms with E-state index < -0.39 is 7.67 Å². The van der Waals surface area contributed by atoms with Crippen molar-refractivity contribution in [1.82, 2.24) is 9.76 Å². The summed E-state index contributed by atoms with van der Waals surface area (Å²) in [5.41, 5.74) is 1.05. The van der Waals surface area contributed by atoms with Crippen molar-refractivity contribution >= 4 is 30.9 Å². The number of benzene rings is 1. The molecule has 0 bridgehead atoms. The number of alkyl halides is 2. The summed E-state index contributed by atoms with van der Waals surface area (Å²) in [6.45, 7) is 1.62.